The van der Waals surface area contributed by atoms with Crippen LogP contribution in [-0.4, -0.2) is 11.8 Å². The van der Waals surface area contributed by atoms with Gasteiger partial charge in [-0.3, -0.25) is 4.79 Å². The molecule has 1 aromatic rings. The summed E-state index contributed by atoms with van der Waals surface area (Å²) in [4.78, 5) is 11.3. The molecule has 2 nitrogen and oxygen atoms in total. The lowest BCUT2D eigenvalue weighted by Crippen LogP contribution is -2.27. The van der Waals surface area contributed by atoms with Crippen LogP contribution in [0.4, 0.5) is 5.69 Å². The van der Waals surface area contributed by atoms with Gasteiger partial charge in [-0.1, -0.05) is 37.1 Å². The van der Waals surface area contributed by atoms with Crippen LogP contribution in [0, 0.1) is 11.8 Å². The van der Waals surface area contributed by atoms with Crippen molar-refractivity contribution >= 4 is 23.2 Å². The molecular formula is C18H22ClNO. The van der Waals surface area contributed by atoms with Crippen LogP contribution in [-0.2, 0) is 4.79 Å². The summed E-state index contributed by atoms with van der Waals surface area (Å²) < 4.78 is 0. The van der Waals surface area contributed by atoms with Crippen LogP contribution in [0.15, 0.2) is 36.4 Å². The third-order valence-electron chi connectivity index (χ3n) is 4.91. The topological polar surface area (TPSA) is 29.1 Å². The van der Waals surface area contributed by atoms with Crippen LogP contribution >= 0.6 is 11.6 Å². The van der Waals surface area contributed by atoms with Gasteiger partial charge in [-0.2, -0.15) is 0 Å². The Morgan fingerprint density at radius 1 is 1.19 bits per heavy atom. The molecule has 3 unspecified atom stereocenters. The van der Waals surface area contributed by atoms with E-state index < -0.39 is 0 Å². The zero-order valence-electron chi connectivity index (χ0n) is 12.2. The molecule has 0 bridgehead atoms. The highest BCUT2D eigenvalue weighted by atomic mass is 35.5. The molecule has 1 saturated carbocycles. The molecule has 112 valence electrons. The number of carbonyl (C=O) groups is 1. The van der Waals surface area contributed by atoms with Crippen molar-refractivity contribution in [3.05, 3.63) is 42.0 Å². The number of anilines is 1. The predicted octanol–water partition coefficient (Wildman–Crippen LogP) is 4.71. The average Bonchev–Trinajstić information content (AvgIpc) is 2.55. The highest BCUT2D eigenvalue weighted by molar-refractivity contribution is 6.29. The molecule has 0 aliphatic heterocycles. The van der Waals surface area contributed by atoms with E-state index in [4.69, 9.17) is 11.6 Å². The molecular weight excluding hydrogens is 282 g/mol. The molecule has 1 amide bonds. The molecule has 3 atom stereocenters. The third-order valence-corrected chi connectivity index (χ3v) is 5.15. The fourth-order valence-electron chi connectivity index (χ4n) is 3.89. The highest BCUT2D eigenvalue weighted by Gasteiger charge is 2.32. The van der Waals surface area contributed by atoms with E-state index >= 15 is 0 Å². The quantitative estimate of drug-likeness (QED) is 0.635. The van der Waals surface area contributed by atoms with Crippen molar-refractivity contribution in [3.63, 3.8) is 0 Å². The molecule has 3 heteroatoms. The second kappa shape index (κ2) is 6.65. The van der Waals surface area contributed by atoms with Gasteiger partial charge in [0.25, 0.3) is 0 Å². The largest absolute Gasteiger partial charge is 0.325 e. The second-order valence-corrected chi connectivity index (χ2v) is 6.47. The van der Waals surface area contributed by atoms with Crippen molar-refractivity contribution in [1.82, 2.24) is 0 Å². The van der Waals surface area contributed by atoms with Gasteiger partial charge in [0, 0.05) is 11.6 Å². The van der Waals surface area contributed by atoms with Crippen LogP contribution in [0.1, 0.15) is 43.6 Å². The maximum Gasteiger partial charge on any atom is 0.239 e. The monoisotopic (exact) mass is 303 g/mol. The maximum absolute atomic E-state index is 11.3. The first-order valence-corrected chi connectivity index (χ1v) is 8.44. The second-order valence-electron chi connectivity index (χ2n) is 6.20. The summed E-state index contributed by atoms with van der Waals surface area (Å²) in [6.07, 6.45) is 11.5. The number of benzene rings is 1. The van der Waals surface area contributed by atoms with E-state index in [2.05, 4.69) is 29.6 Å². The minimum Gasteiger partial charge on any atom is -0.325 e. The Bertz CT molecular complexity index is 523. The maximum atomic E-state index is 11.3. The molecule has 0 aromatic heterocycles. The fraction of sp³-hybridized carbons (Fsp3) is 0.500. The Hall–Kier alpha value is -1.28. The number of halogens is 1. The SMILES string of the molecule is O=C(CCl)Nc1ccc(C2C=CCC3CCCCC32)cc1. The summed E-state index contributed by atoms with van der Waals surface area (Å²) in [5, 5.41) is 2.79. The number of nitrogens with one attached hydrogen (secondary N) is 1. The molecule has 2 aliphatic carbocycles. The lowest BCUT2D eigenvalue weighted by molar-refractivity contribution is -0.113. The summed E-state index contributed by atoms with van der Waals surface area (Å²) in [5.41, 5.74) is 2.19. The Morgan fingerprint density at radius 2 is 1.95 bits per heavy atom. The van der Waals surface area contributed by atoms with Crippen LogP contribution < -0.4 is 5.32 Å². The van der Waals surface area contributed by atoms with E-state index in [1.807, 2.05) is 12.1 Å². The molecule has 0 spiro atoms. The smallest absolute Gasteiger partial charge is 0.239 e. The molecule has 0 saturated heterocycles. The third kappa shape index (κ3) is 3.32. The fourth-order valence-corrected chi connectivity index (χ4v) is 3.95. The van der Waals surface area contributed by atoms with E-state index in [9.17, 15) is 4.79 Å². The minimum absolute atomic E-state index is 0.00311. The van der Waals surface area contributed by atoms with Gasteiger partial charge in [0.15, 0.2) is 0 Å². The summed E-state index contributed by atoms with van der Waals surface area (Å²) in [7, 11) is 0. The van der Waals surface area contributed by atoms with Crippen molar-refractivity contribution in [2.24, 2.45) is 11.8 Å². The Balaban J connectivity index is 1.75. The lowest BCUT2D eigenvalue weighted by atomic mass is 9.66. The van der Waals surface area contributed by atoms with E-state index in [0.717, 1.165) is 17.5 Å². The van der Waals surface area contributed by atoms with E-state index in [1.54, 1.807) is 0 Å². The predicted molar refractivity (Wildman–Crippen MR) is 87.7 cm³/mol. The molecule has 3 rings (SSSR count). The Morgan fingerprint density at radius 3 is 2.71 bits per heavy atom. The molecule has 1 N–H and O–H groups in total. The van der Waals surface area contributed by atoms with Gasteiger partial charge < -0.3 is 5.32 Å². The van der Waals surface area contributed by atoms with Crippen LogP contribution in [0.2, 0.25) is 0 Å². The summed E-state index contributed by atoms with van der Waals surface area (Å²) in [5.74, 6) is 2.05. The molecule has 21 heavy (non-hydrogen) atoms. The minimum atomic E-state index is -0.158. The normalized spacial score (nSPS) is 28.0. The van der Waals surface area contributed by atoms with Crippen molar-refractivity contribution in [2.45, 2.75) is 38.0 Å². The van der Waals surface area contributed by atoms with Gasteiger partial charge in [-0.05, 0) is 48.8 Å². The molecule has 0 radical (unpaired) electrons. The van der Waals surface area contributed by atoms with Gasteiger partial charge in [0.05, 0.1) is 0 Å². The number of hydrogen-bond acceptors (Lipinski definition) is 1. The molecule has 1 aromatic carbocycles. The lowest BCUT2D eigenvalue weighted by Gasteiger charge is -2.38. The highest BCUT2D eigenvalue weighted by Crippen LogP contribution is 2.45. The zero-order valence-corrected chi connectivity index (χ0v) is 13.0. The van der Waals surface area contributed by atoms with E-state index in [1.165, 1.54) is 37.7 Å². The summed E-state index contributed by atoms with van der Waals surface area (Å²) in [6.45, 7) is 0. The van der Waals surface area contributed by atoms with Crippen molar-refractivity contribution in [1.29, 1.82) is 0 Å². The van der Waals surface area contributed by atoms with Gasteiger partial charge >= 0.3 is 0 Å². The summed E-state index contributed by atoms with van der Waals surface area (Å²) >= 11 is 5.51. The van der Waals surface area contributed by atoms with Crippen molar-refractivity contribution in [2.75, 3.05) is 11.2 Å². The number of hydrogen-bond donors (Lipinski definition) is 1. The standard InChI is InChI=1S/C18H22ClNO/c19-12-18(21)20-15-10-8-14(9-11-15)17-7-3-5-13-4-1-2-6-16(13)17/h3,7-11,13,16-17H,1-2,4-6,12H2,(H,20,21). The number of amides is 1. The Kier molecular flexibility index (Phi) is 4.64. The number of rotatable bonds is 3. The number of fused-ring (bicyclic) bond motifs is 1. The van der Waals surface area contributed by atoms with Crippen LogP contribution in [0.5, 0.6) is 0 Å². The van der Waals surface area contributed by atoms with E-state index in [-0.39, 0.29) is 11.8 Å². The van der Waals surface area contributed by atoms with Gasteiger partial charge in [-0.25, -0.2) is 0 Å². The van der Waals surface area contributed by atoms with Crippen LogP contribution in [0.3, 0.4) is 0 Å². The number of allylic oxidation sites excluding steroid dienone is 2. The van der Waals surface area contributed by atoms with Gasteiger partial charge in [0.1, 0.15) is 5.88 Å². The van der Waals surface area contributed by atoms with Gasteiger partial charge in [0.2, 0.25) is 5.91 Å². The first kappa shape index (κ1) is 14.6. The Labute approximate surface area is 131 Å². The van der Waals surface area contributed by atoms with E-state index in [0.29, 0.717) is 5.92 Å². The summed E-state index contributed by atoms with van der Waals surface area (Å²) in [6, 6.07) is 8.27. The number of carbonyl (C=O) groups excluding carboxylic acids is 1. The van der Waals surface area contributed by atoms with Crippen molar-refractivity contribution in [3.8, 4) is 0 Å². The first-order valence-electron chi connectivity index (χ1n) is 7.90. The van der Waals surface area contributed by atoms with Crippen molar-refractivity contribution < 1.29 is 4.79 Å². The van der Waals surface area contributed by atoms with Crippen LogP contribution in [0.25, 0.3) is 0 Å². The number of alkyl halides is 1. The first-order chi connectivity index (χ1) is 10.3. The molecule has 1 fully saturated rings. The van der Waals surface area contributed by atoms with Gasteiger partial charge in [-0.15, -0.1) is 11.6 Å². The molecule has 2 aliphatic rings. The average molecular weight is 304 g/mol. The molecule has 0 heterocycles. The zero-order chi connectivity index (χ0) is 14.7.